The first-order valence-corrected chi connectivity index (χ1v) is 5.96. The van der Waals surface area contributed by atoms with Crippen LogP contribution in [0.1, 0.15) is 18.9 Å². The minimum absolute atomic E-state index is 0.0270. The fourth-order valence-corrected chi connectivity index (χ4v) is 2.29. The molecule has 0 aliphatic carbocycles. The molecular formula is C13H16N2O3. The smallest absolute Gasteiger partial charge is 0.325 e. The van der Waals surface area contributed by atoms with Gasteiger partial charge in [0.2, 0.25) is 0 Å². The van der Waals surface area contributed by atoms with E-state index in [4.69, 9.17) is 5.11 Å². The monoisotopic (exact) mass is 248 g/mol. The lowest BCUT2D eigenvalue weighted by atomic mass is 9.87. The number of benzene rings is 1. The highest BCUT2D eigenvalue weighted by atomic mass is 16.3. The Morgan fingerprint density at radius 1 is 1.28 bits per heavy atom. The van der Waals surface area contributed by atoms with Crippen LogP contribution >= 0.6 is 0 Å². The fourth-order valence-electron chi connectivity index (χ4n) is 2.29. The molecule has 5 heteroatoms. The van der Waals surface area contributed by atoms with Gasteiger partial charge in [0.1, 0.15) is 5.54 Å². The van der Waals surface area contributed by atoms with Gasteiger partial charge in [0.25, 0.3) is 5.91 Å². The van der Waals surface area contributed by atoms with Gasteiger partial charge >= 0.3 is 6.03 Å². The van der Waals surface area contributed by atoms with Crippen LogP contribution in [0.2, 0.25) is 0 Å². The summed E-state index contributed by atoms with van der Waals surface area (Å²) in [5.41, 5.74) is -0.223. The summed E-state index contributed by atoms with van der Waals surface area (Å²) in [5.74, 6) is -0.296. The molecule has 0 radical (unpaired) electrons. The van der Waals surface area contributed by atoms with Crippen LogP contribution in [0.4, 0.5) is 4.79 Å². The van der Waals surface area contributed by atoms with Crippen LogP contribution in [0.25, 0.3) is 0 Å². The number of nitrogens with one attached hydrogen (secondary N) is 1. The zero-order valence-corrected chi connectivity index (χ0v) is 10.2. The van der Waals surface area contributed by atoms with Crippen molar-refractivity contribution in [1.29, 1.82) is 0 Å². The van der Waals surface area contributed by atoms with Gasteiger partial charge in [0, 0.05) is 0 Å². The predicted molar refractivity (Wildman–Crippen MR) is 65.7 cm³/mol. The number of hydrogen-bond acceptors (Lipinski definition) is 3. The van der Waals surface area contributed by atoms with Crippen molar-refractivity contribution in [3.63, 3.8) is 0 Å². The number of amides is 3. The molecule has 3 amide bonds. The van der Waals surface area contributed by atoms with Crippen molar-refractivity contribution >= 4 is 11.9 Å². The van der Waals surface area contributed by atoms with Gasteiger partial charge in [-0.2, -0.15) is 0 Å². The summed E-state index contributed by atoms with van der Waals surface area (Å²) < 4.78 is 0. The number of aliphatic hydroxyl groups excluding tert-OH is 1. The Balaban J connectivity index is 2.41. The molecule has 1 aromatic carbocycles. The van der Waals surface area contributed by atoms with E-state index in [0.717, 1.165) is 10.5 Å². The third-order valence-electron chi connectivity index (χ3n) is 3.30. The van der Waals surface area contributed by atoms with Gasteiger partial charge in [-0.25, -0.2) is 4.79 Å². The van der Waals surface area contributed by atoms with E-state index in [2.05, 4.69) is 5.32 Å². The molecule has 1 heterocycles. The van der Waals surface area contributed by atoms with E-state index in [0.29, 0.717) is 6.42 Å². The average molecular weight is 248 g/mol. The molecule has 1 aromatic rings. The SMILES string of the molecule is CC[C@]1(c2ccccc2)NC(=O)N(CCO)C1=O. The summed E-state index contributed by atoms with van der Waals surface area (Å²) in [6.45, 7) is 1.65. The molecular weight excluding hydrogens is 232 g/mol. The van der Waals surface area contributed by atoms with E-state index < -0.39 is 11.6 Å². The molecule has 1 saturated heterocycles. The lowest BCUT2D eigenvalue weighted by Gasteiger charge is -2.25. The molecule has 1 atom stereocenters. The highest BCUT2D eigenvalue weighted by molar-refractivity contribution is 6.07. The number of urea groups is 1. The molecule has 0 aromatic heterocycles. The molecule has 0 unspecified atom stereocenters. The maximum absolute atomic E-state index is 12.4. The highest BCUT2D eigenvalue weighted by Crippen LogP contribution is 2.31. The first-order chi connectivity index (χ1) is 8.65. The summed E-state index contributed by atoms with van der Waals surface area (Å²) in [5, 5.41) is 11.6. The second kappa shape index (κ2) is 4.78. The van der Waals surface area contributed by atoms with E-state index in [1.54, 1.807) is 0 Å². The third-order valence-corrected chi connectivity index (χ3v) is 3.30. The topological polar surface area (TPSA) is 69.6 Å². The third kappa shape index (κ3) is 1.76. The highest BCUT2D eigenvalue weighted by Gasteiger charge is 2.50. The summed E-state index contributed by atoms with van der Waals surface area (Å²) in [6, 6.07) is 8.73. The first-order valence-electron chi connectivity index (χ1n) is 5.96. The van der Waals surface area contributed by atoms with E-state index >= 15 is 0 Å². The molecule has 2 N–H and O–H groups in total. The Morgan fingerprint density at radius 3 is 2.50 bits per heavy atom. The second-order valence-electron chi connectivity index (χ2n) is 4.24. The Morgan fingerprint density at radius 2 is 1.94 bits per heavy atom. The lowest BCUT2D eigenvalue weighted by Crippen LogP contribution is -2.43. The molecule has 0 saturated carbocycles. The van der Waals surface area contributed by atoms with Crippen LogP contribution in [0.15, 0.2) is 30.3 Å². The number of nitrogens with zero attached hydrogens (tertiary/aromatic N) is 1. The van der Waals surface area contributed by atoms with Crippen LogP contribution < -0.4 is 5.32 Å². The van der Waals surface area contributed by atoms with Crippen molar-refractivity contribution in [1.82, 2.24) is 10.2 Å². The average Bonchev–Trinajstić information content (AvgIpc) is 2.65. The molecule has 0 spiro atoms. The van der Waals surface area contributed by atoms with Crippen molar-refractivity contribution in [2.45, 2.75) is 18.9 Å². The van der Waals surface area contributed by atoms with Crippen molar-refractivity contribution < 1.29 is 14.7 Å². The zero-order chi connectivity index (χ0) is 13.2. The quantitative estimate of drug-likeness (QED) is 0.776. The van der Waals surface area contributed by atoms with Crippen molar-refractivity contribution in [2.75, 3.05) is 13.2 Å². The zero-order valence-electron chi connectivity index (χ0n) is 10.2. The minimum atomic E-state index is -0.993. The van der Waals surface area contributed by atoms with Gasteiger partial charge in [0.15, 0.2) is 0 Å². The summed E-state index contributed by atoms with van der Waals surface area (Å²) in [4.78, 5) is 25.3. The number of imide groups is 1. The molecule has 5 nitrogen and oxygen atoms in total. The van der Waals surface area contributed by atoms with Crippen LogP contribution in [-0.2, 0) is 10.3 Å². The standard InChI is InChI=1S/C13H16N2O3/c1-2-13(10-6-4-3-5-7-10)11(17)15(8-9-16)12(18)14-13/h3-7,16H,2,8-9H2,1H3,(H,14,18)/t13-/m1/s1. The number of aliphatic hydroxyl groups is 1. The number of carbonyl (C=O) groups is 2. The largest absolute Gasteiger partial charge is 0.395 e. The Kier molecular flexibility index (Phi) is 3.34. The normalized spacial score (nSPS) is 23.3. The van der Waals surface area contributed by atoms with Gasteiger partial charge in [-0.15, -0.1) is 0 Å². The Labute approximate surface area is 105 Å². The van der Waals surface area contributed by atoms with E-state index in [1.165, 1.54) is 0 Å². The maximum Gasteiger partial charge on any atom is 0.325 e. The summed E-state index contributed by atoms with van der Waals surface area (Å²) >= 11 is 0. The molecule has 2 rings (SSSR count). The van der Waals surface area contributed by atoms with Crippen molar-refractivity contribution in [2.24, 2.45) is 0 Å². The van der Waals surface area contributed by atoms with Gasteiger partial charge in [-0.1, -0.05) is 37.3 Å². The van der Waals surface area contributed by atoms with Crippen LogP contribution in [0.3, 0.4) is 0 Å². The van der Waals surface area contributed by atoms with Gasteiger partial charge in [0.05, 0.1) is 13.2 Å². The summed E-state index contributed by atoms with van der Waals surface area (Å²) in [7, 11) is 0. The van der Waals surface area contributed by atoms with Crippen LogP contribution in [0.5, 0.6) is 0 Å². The number of rotatable bonds is 4. The van der Waals surface area contributed by atoms with Crippen molar-refractivity contribution in [3.8, 4) is 0 Å². The van der Waals surface area contributed by atoms with Gasteiger partial charge in [-0.05, 0) is 12.0 Å². The second-order valence-corrected chi connectivity index (χ2v) is 4.24. The number of carbonyl (C=O) groups excluding carboxylic acids is 2. The predicted octanol–water partition coefficient (Wildman–Crippen LogP) is 0.836. The first kappa shape index (κ1) is 12.6. The van der Waals surface area contributed by atoms with Gasteiger partial charge in [-0.3, -0.25) is 9.69 Å². The lowest BCUT2D eigenvalue weighted by molar-refractivity contribution is -0.132. The van der Waals surface area contributed by atoms with Crippen LogP contribution in [-0.4, -0.2) is 35.1 Å². The van der Waals surface area contributed by atoms with E-state index in [-0.39, 0.29) is 19.1 Å². The molecule has 1 aliphatic heterocycles. The minimum Gasteiger partial charge on any atom is -0.395 e. The summed E-state index contributed by atoms with van der Waals surface area (Å²) in [6.07, 6.45) is 0.476. The van der Waals surface area contributed by atoms with Crippen molar-refractivity contribution in [3.05, 3.63) is 35.9 Å². The molecule has 0 bridgehead atoms. The van der Waals surface area contributed by atoms with Gasteiger partial charge < -0.3 is 10.4 Å². The fraction of sp³-hybridized carbons (Fsp3) is 0.385. The van der Waals surface area contributed by atoms with E-state index in [9.17, 15) is 9.59 Å². The number of β-amino-alcohol motifs (C(OH)–C–C–N with tert-alkyl or cyclic N) is 1. The maximum atomic E-state index is 12.4. The van der Waals surface area contributed by atoms with Crippen LogP contribution in [0, 0.1) is 0 Å². The molecule has 96 valence electrons. The van der Waals surface area contributed by atoms with E-state index in [1.807, 2.05) is 37.3 Å². The Bertz CT molecular complexity index is 461. The molecule has 1 fully saturated rings. The Hall–Kier alpha value is -1.88. The molecule has 18 heavy (non-hydrogen) atoms. The molecule has 1 aliphatic rings. The number of hydrogen-bond donors (Lipinski definition) is 2.